The highest BCUT2D eigenvalue weighted by Crippen LogP contribution is 2.46. The number of ketones is 1. The molecule has 20 heavy (non-hydrogen) atoms. The van der Waals surface area contributed by atoms with Crippen LogP contribution in [0.4, 0.5) is 26.3 Å². The fraction of sp³-hybridized carbons (Fsp3) is 0.417. The molecule has 0 atom stereocenters. The van der Waals surface area contributed by atoms with Gasteiger partial charge in [-0.3, -0.25) is 4.79 Å². The van der Waals surface area contributed by atoms with Crippen molar-refractivity contribution in [3.63, 3.8) is 0 Å². The number of halogens is 6. The number of hydrogen-bond acceptors (Lipinski definition) is 2. The molecule has 1 aromatic rings. The van der Waals surface area contributed by atoms with Gasteiger partial charge in [0.15, 0.2) is 11.7 Å². The highest BCUT2D eigenvalue weighted by atomic mass is 19.4. The van der Waals surface area contributed by atoms with Crippen molar-refractivity contribution < 1.29 is 31.1 Å². The van der Waals surface area contributed by atoms with Gasteiger partial charge < -0.3 is 5.73 Å². The predicted octanol–water partition coefficient (Wildman–Crippen LogP) is 3.43. The van der Waals surface area contributed by atoms with Crippen LogP contribution in [0, 0.1) is 0 Å². The predicted molar refractivity (Wildman–Crippen MR) is 59.3 cm³/mol. The van der Waals surface area contributed by atoms with Crippen molar-refractivity contribution in [3.05, 3.63) is 35.4 Å². The van der Waals surface area contributed by atoms with Crippen LogP contribution in [0.5, 0.6) is 0 Å². The smallest absolute Gasteiger partial charge is 0.330 e. The Bertz CT molecular complexity index is 448. The molecule has 0 saturated heterocycles. The number of hydrogen-bond donors (Lipinski definition) is 1. The molecule has 1 aromatic carbocycles. The molecule has 0 aliphatic heterocycles. The van der Waals surface area contributed by atoms with E-state index in [2.05, 4.69) is 0 Å². The Hall–Kier alpha value is -1.57. The Morgan fingerprint density at radius 1 is 1.00 bits per heavy atom. The van der Waals surface area contributed by atoms with E-state index in [0.29, 0.717) is 12.1 Å². The Morgan fingerprint density at radius 2 is 1.45 bits per heavy atom. The number of carbonyl (C=O) groups excluding carboxylic acids is 1. The number of carbonyl (C=O) groups is 1. The molecule has 0 radical (unpaired) electrons. The number of Topliss-reactive ketones (excluding diaryl/α,β-unsaturated/α-hetero) is 1. The second-order valence-electron chi connectivity index (χ2n) is 4.10. The molecular formula is C12H11F6NO. The standard InChI is InChI=1S/C12H11F6NO/c13-11(14,15)10(12(16,17)18)8-3-1-7(2-4-8)9(20)5-6-19/h1-4,10H,5-6,19H2. The summed E-state index contributed by atoms with van der Waals surface area (Å²) < 4.78 is 74.9. The Balaban J connectivity index is 3.10. The van der Waals surface area contributed by atoms with E-state index in [1.807, 2.05) is 0 Å². The zero-order valence-corrected chi connectivity index (χ0v) is 10.1. The second kappa shape index (κ2) is 5.82. The lowest BCUT2D eigenvalue weighted by molar-refractivity contribution is -0.253. The van der Waals surface area contributed by atoms with Crippen LogP contribution in [-0.2, 0) is 0 Å². The van der Waals surface area contributed by atoms with Crippen molar-refractivity contribution in [1.29, 1.82) is 0 Å². The van der Waals surface area contributed by atoms with E-state index in [4.69, 9.17) is 5.73 Å². The van der Waals surface area contributed by atoms with E-state index in [1.54, 1.807) is 0 Å². The van der Waals surface area contributed by atoms with Crippen molar-refractivity contribution in [2.75, 3.05) is 6.54 Å². The fourth-order valence-electron chi connectivity index (χ4n) is 1.70. The summed E-state index contributed by atoms with van der Waals surface area (Å²) in [7, 11) is 0. The molecular weight excluding hydrogens is 288 g/mol. The van der Waals surface area contributed by atoms with Gasteiger partial charge >= 0.3 is 12.4 Å². The largest absolute Gasteiger partial charge is 0.404 e. The van der Waals surface area contributed by atoms with Crippen molar-refractivity contribution in [1.82, 2.24) is 0 Å². The van der Waals surface area contributed by atoms with Crippen molar-refractivity contribution in [2.45, 2.75) is 24.7 Å². The maximum absolute atomic E-state index is 12.5. The minimum absolute atomic E-state index is 0.0265. The van der Waals surface area contributed by atoms with Crippen LogP contribution in [0.15, 0.2) is 24.3 Å². The van der Waals surface area contributed by atoms with E-state index in [0.717, 1.165) is 12.1 Å². The molecule has 1 rings (SSSR count). The van der Waals surface area contributed by atoms with Crippen LogP contribution in [0.3, 0.4) is 0 Å². The van der Waals surface area contributed by atoms with Crippen molar-refractivity contribution in [2.24, 2.45) is 5.73 Å². The molecule has 0 aliphatic rings. The van der Waals surface area contributed by atoms with Crippen molar-refractivity contribution in [3.8, 4) is 0 Å². The first-order valence-electron chi connectivity index (χ1n) is 5.54. The van der Waals surface area contributed by atoms with Crippen LogP contribution < -0.4 is 5.73 Å². The monoisotopic (exact) mass is 299 g/mol. The lowest BCUT2D eigenvalue weighted by atomic mass is 9.95. The van der Waals surface area contributed by atoms with E-state index in [-0.39, 0.29) is 18.5 Å². The summed E-state index contributed by atoms with van der Waals surface area (Å²) in [4.78, 5) is 11.4. The summed E-state index contributed by atoms with van der Waals surface area (Å²) in [6.07, 6.45) is -10.9. The van der Waals surface area contributed by atoms with Crippen LogP contribution in [-0.4, -0.2) is 24.7 Å². The third-order valence-corrected chi connectivity index (χ3v) is 2.59. The van der Waals surface area contributed by atoms with Crippen LogP contribution in [0.1, 0.15) is 28.3 Å². The molecule has 0 fully saturated rings. The maximum atomic E-state index is 12.5. The Kier molecular flexibility index (Phi) is 4.80. The molecule has 2 N–H and O–H groups in total. The van der Waals surface area contributed by atoms with Gasteiger partial charge in [0.25, 0.3) is 0 Å². The van der Waals surface area contributed by atoms with Gasteiger partial charge in [-0.15, -0.1) is 0 Å². The van der Waals surface area contributed by atoms with Crippen LogP contribution in [0.25, 0.3) is 0 Å². The van der Waals surface area contributed by atoms with E-state index >= 15 is 0 Å². The Morgan fingerprint density at radius 3 is 1.80 bits per heavy atom. The lowest BCUT2D eigenvalue weighted by Crippen LogP contribution is -2.34. The second-order valence-corrected chi connectivity index (χ2v) is 4.10. The summed E-state index contributed by atoms with van der Waals surface area (Å²) in [5.41, 5.74) is 4.22. The van der Waals surface area contributed by atoms with Gasteiger partial charge in [-0.2, -0.15) is 26.3 Å². The highest BCUT2D eigenvalue weighted by Gasteiger charge is 2.57. The summed E-state index contributed by atoms with van der Waals surface area (Å²) in [6, 6.07) is 3.21. The molecule has 112 valence electrons. The minimum Gasteiger partial charge on any atom is -0.330 e. The molecule has 0 aromatic heterocycles. The number of rotatable bonds is 4. The molecule has 2 nitrogen and oxygen atoms in total. The van der Waals surface area contributed by atoms with E-state index < -0.39 is 29.6 Å². The van der Waals surface area contributed by atoms with Crippen LogP contribution >= 0.6 is 0 Å². The van der Waals surface area contributed by atoms with Gasteiger partial charge in [-0.1, -0.05) is 24.3 Å². The summed E-state index contributed by atoms with van der Waals surface area (Å²) in [5.74, 6) is -4.00. The van der Waals surface area contributed by atoms with Gasteiger partial charge in [-0.05, 0) is 12.1 Å². The summed E-state index contributed by atoms with van der Waals surface area (Å²) >= 11 is 0. The number of alkyl halides is 6. The zero-order chi connectivity index (χ0) is 15.6. The van der Waals surface area contributed by atoms with Gasteiger partial charge in [-0.25, -0.2) is 0 Å². The average Bonchev–Trinajstić information content (AvgIpc) is 2.26. The molecule has 0 saturated carbocycles. The summed E-state index contributed by atoms with van der Waals surface area (Å²) in [5, 5.41) is 0. The first kappa shape index (κ1) is 16.5. The molecule has 0 amide bonds. The highest BCUT2D eigenvalue weighted by molar-refractivity contribution is 5.96. The van der Waals surface area contributed by atoms with E-state index in [9.17, 15) is 31.1 Å². The maximum Gasteiger partial charge on any atom is 0.404 e. The number of benzene rings is 1. The van der Waals surface area contributed by atoms with Gasteiger partial charge in [0, 0.05) is 12.0 Å². The van der Waals surface area contributed by atoms with E-state index in [1.165, 1.54) is 0 Å². The quantitative estimate of drug-likeness (QED) is 0.684. The number of nitrogens with two attached hydrogens (primary N) is 1. The van der Waals surface area contributed by atoms with Gasteiger partial charge in [0.1, 0.15) is 0 Å². The zero-order valence-electron chi connectivity index (χ0n) is 10.1. The lowest BCUT2D eigenvalue weighted by Gasteiger charge is -2.23. The normalized spacial score (nSPS) is 12.8. The first-order chi connectivity index (χ1) is 9.07. The summed E-state index contributed by atoms with van der Waals surface area (Å²) in [6.45, 7) is 0.0499. The average molecular weight is 299 g/mol. The molecule has 8 heteroatoms. The fourth-order valence-corrected chi connectivity index (χ4v) is 1.70. The third-order valence-electron chi connectivity index (χ3n) is 2.59. The molecule has 0 heterocycles. The Labute approximate surface area is 110 Å². The SMILES string of the molecule is NCCC(=O)c1ccc(C(C(F)(F)F)C(F)(F)F)cc1. The van der Waals surface area contributed by atoms with Crippen LogP contribution in [0.2, 0.25) is 0 Å². The van der Waals surface area contributed by atoms with Gasteiger partial charge in [0.2, 0.25) is 0 Å². The topological polar surface area (TPSA) is 43.1 Å². The minimum atomic E-state index is -5.44. The van der Waals surface area contributed by atoms with Crippen molar-refractivity contribution >= 4 is 5.78 Å². The molecule has 0 unspecified atom stereocenters. The molecule has 0 spiro atoms. The van der Waals surface area contributed by atoms with Gasteiger partial charge in [0.05, 0.1) is 0 Å². The molecule has 0 bridgehead atoms. The first-order valence-corrected chi connectivity index (χ1v) is 5.54. The third kappa shape index (κ3) is 3.96. The molecule has 0 aliphatic carbocycles.